The third-order valence-corrected chi connectivity index (χ3v) is 2.31. The predicted octanol–water partition coefficient (Wildman–Crippen LogP) is -1.59. The number of nitrogens with zero attached hydrogens (tertiary/aromatic N) is 1. The van der Waals surface area contributed by atoms with Crippen molar-refractivity contribution in [1.29, 1.82) is 0 Å². The van der Waals surface area contributed by atoms with E-state index >= 15 is 0 Å². The number of amides is 2. The average Bonchev–Trinajstić information content (AvgIpc) is 2.65. The smallest absolute Gasteiger partial charge is 0.407 e. The van der Waals surface area contributed by atoms with Crippen LogP contribution in [0.15, 0.2) is 0 Å². The van der Waals surface area contributed by atoms with Crippen LogP contribution >= 0.6 is 0 Å². The largest absolute Gasteiger partial charge is 0.453 e. The maximum absolute atomic E-state index is 11.0. The van der Waals surface area contributed by atoms with E-state index in [0.717, 1.165) is 13.0 Å². The zero-order valence-corrected chi connectivity index (χ0v) is 8.66. The molecule has 7 heteroatoms. The second-order valence-electron chi connectivity index (χ2n) is 3.42. The first kappa shape index (κ1) is 11.7. The summed E-state index contributed by atoms with van der Waals surface area (Å²) in [6.45, 7) is 1.67. The van der Waals surface area contributed by atoms with Crippen molar-refractivity contribution in [3.05, 3.63) is 0 Å². The fraction of sp³-hybridized carbons (Fsp3) is 0.750. The summed E-state index contributed by atoms with van der Waals surface area (Å²) in [6.07, 6.45) is 0.373. The van der Waals surface area contributed by atoms with Crippen LogP contribution in [-0.2, 0) is 9.53 Å². The molecule has 0 bridgehead atoms. The fourth-order valence-corrected chi connectivity index (χ4v) is 1.57. The van der Waals surface area contributed by atoms with Gasteiger partial charge in [0.1, 0.15) is 0 Å². The van der Waals surface area contributed by atoms with Gasteiger partial charge in [0.25, 0.3) is 0 Å². The highest BCUT2D eigenvalue weighted by Gasteiger charge is 2.25. The van der Waals surface area contributed by atoms with Crippen molar-refractivity contribution in [1.82, 2.24) is 15.6 Å². The minimum atomic E-state index is -0.440. The molecule has 1 heterocycles. The van der Waals surface area contributed by atoms with E-state index in [0.29, 0.717) is 6.54 Å². The second-order valence-corrected chi connectivity index (χ2v) is 3.42. The molecule has 1 unspecified atom stereocenters. The van der Waals surface area contributed by atoms with Crippen molar-refractivity contribution in [3.8, 4) is 0 Å². The lowest BCUT2D eigenvalue weighted by Crippen LogP contribution is -2.41. The lowest BCUT2D eigenvalue weighted by molar-refractivity contribution is -0.122. The van der Waals surface area contributed by atoms with E-state index < -0.39 is 6.09 Å². The molecule has 2 amide bonds. The van der Waals surface area contributed by atoms with E-state index in [4.69, 9.17) is 5.84 Å². The molecule has 1 fully saturated rings. The Kier molecular flexibility index (Phi) is 4.32. The maximum atomic E-state index is 11.0. The van der Waals surface area contributed by atoms with Crippen LogP contribution in [0.2, 0.25) is 0 Å². The lowest BCUT2D eigenvalue weighted by Gasteiger charge is -2.14. The highest BCUT2D eigenvalue weighted by Crippen LogP contribution is 2.08. The van der Waals surface area contributed by atoms with Crippen molar-refractivity contribution >= 4 is 12.0 Å². The third-order valence-electron chi connectivity index (χ3n) is 2.31. The number of nitrogens with one attached hydrogen (secondary N) is 2. The highest BCUT2D eigenvalue weighted by atomic mass is 16.5. The van der Waals surface area contributed by atoms with Gasteiger partial charge in [0.05, 0.1) is 13.7 Å². The Morgan fingerprint density at radius 2 is 2.33 bits per heavy atom. The minimum Gasteiger partial charge on any atom is -0.453 e. The Morgan fingerprint density at radius 3 is 2.93 bits per heavy atom. The van der Waals surface area contributed by atoms with E-state index in [1.54, 1.807) is 0 Å². The molecular weight excluding hydrogens is 200 g/mol. The first-order chi connectivity index (χ1) is 7.15. The van der Waals surface area contributed by atoms with Gasteiger partial charge in [-0.2, -0.15) is 0 Å². The third kappa shape index (κ3) is 3.72. The summed E-state index contributed by atoms with van der Waals surface area (Å²) in [5.41, 5.74) is 2.07. The Balaban J connectivity index is 2.26. The number of nitrogens with two attached hydrogens (primary N) is 1. The molecule has 0 aromatic rings. The molecule has 1 saturated heterocycles. The normalized spacial score (nSPS) is 21.1. The van der Waals surface area contributed by atoms with Gasteiger partial charge in [-0.05, 0) is 6.42 Å². The number of ether oxygens (including phenoxy) is 1. The molecule has 0 aromatic heterocycles. The molecular formula is C8H16N4O3. The van der Waals surface area contributed by atoms with Gasteiger partial charge in [0.2, 0.25) is 5.91 Å². The van der Waals surface area contributed by atoms with Crippen LogP contribution < -0.4 is 16.6 Å². The molecule has 0 radical (unpaired) electrons. The van der Waals surface area contributed by atoms with E-state index in [-0.39, 0.29) is 18.5 Å². The number of rotatable bonds is 3. The number of carbonyl (C=O) groups is 2. The number of hydrazine groups is 1. The Morgan fingerprint density at radius 1 is 1.60 bits per heavy atom. The van der Waals surface area contributed by atoms with E-state index in [1.165, 1.54) is 7.11 Å². The number of methoxy groups -OCH3 is 1. The summed E-state index contributed by atoms with van der Waals surface area (Å²) in [5, 5.41) is 2.68. The van der Waals surface area contributed by atoms with Gasteiger partial charge in [-0.15, -0.1) is 0 Å². The van der Waals surface area contributed by atoms with Crippen LogP contribution in [0.1, 0.15) is 6.42 Å². The molecule has 0 aromatic carbocycles. The zero-order chi connectivity index (χ0) is 11.3. The zero-order valence-electron chi connectivity index (χ0n) is 8.66. The van der Waals surface area contributed by atoms with E-state index in [2.05, 4.69) is 15.5 Å². The lowest BCUT2D eigenvalue weighted by atomic mass is 10.3. The van der Waals surface area contributed by atoms with Crippen LogP contribution in [-0.4, -0.2) is 49.7 Å². The van der Waals surface area contributed by atoms with Crippen molar-refractivity contribution in [3.63, 3.8) is 0 Å². The van der Waals surface area contributed by atoms with Crippen molar-refractivity contribution in [2.24, 2.45) is 5.84 Å². The summed E-state index contributed by atoms with van der Waals surface area (Å²) in [6, 6.07) is 0.0445. The Bertz CT molecular complexity index is 222. The van der Waals surface area contributed by atoms with Gasteiger partial charge in [0.15, 0.2) is 0 Å². The van der Waals surface area contributed by atoms with Crippen LogP contribution in [0.4, 0.5) is 4.79 Å². The van der Waals surface area contributed by atoms with Gasteiger partial charge < -0.3 is 10.1 Å². The van der Waals surface area contributed by atoms with Crippen LogP contribution in [0, 0.1) is 0 Å². The van der Waals surface area contributed by atoms with Crippen LogP contribution in [0.5, 0.6) is 0 Å². The van der Waals surface area contributed by atoms with Gasteiger partial charge in [-0.3, -0.25) is 15.1 Å². The molecule has 1 rings (SSSR count). The summed E-state index contributed by atoms with van der Waals surface area (Å²) >= 11 is 0. The monoisotopic (exact) mass is 216 g/mol. The Hall–Kier alpha value is -1.34. The maximum Gasteiger partial charge on any atom is 0.407 e. The molecule has 1 aliphatic heterocycles. The SMILES string of the molecule is COC(=O)NC1CCN(CC(=O)NN)C1. The summed E-state index contributed by atoms with van der Waals surface area (Å²) in [7, 11) is 1.32. The summed E-state index contributed by atoms with van der Waals surface area (Å²) in [4.78, 5) is 23.8. The second kappa shape index (κ2) is 5.52. The molecule has 15 heavy (non-hydrogen) atoms. The highest BCUT2D eigenvalue weighted by molar-refractivity contribution is 5.77. The molecule has 0 saturated carbocycles. The average molecular weight is 216 g/mol. The number of hydrogen-bond acceptors (Lipinski definition) is 5. The standard InChI is InChI=1S/C8H16N4O3/c1-15-8(14)10-6-2-3-12(4-6)5-7(13)11-9/h6H,2-5,9H2,1H3,(H,10,14)(H,11,13). The van der Waals surface area contributed by atoms with Crippen molar-refractivity contribution in [2.75, 3.05) is 26.7 Å². The van der Waals surface area contributed by atoms with E-state index in [1.807, 2.05) is 4.90 Å². The van der Waals surface area contributed by atoms with Crippen LogP contribution in [0.25, 0.3) is 0 Å². The molecule has 4 N–H and O–H groups in total. The van der Waals surface area contributed by atoms with Crippen LogP contribution in [0.3, 0.4) is 0 Å². The molecule has 0 spiro atoms. The summed E-state index contributed by atoms with van der Waals surface area (Å²) in [5.74, 6) is 4.74. The molecule has 1 atom stereocenters. The molecule has 1 aliphatic rings. The van der Waals surface area contributed by atoms with E-state index in [9.17, 15) is 9.59 Å². The quantitative estimate of drug-likeness (QED) is 0.300. The molecule has 0 aliphatic carbocycles. The predicted molar refractivity (Wildman–Crippen MR) is 52.7 cm³/mol. The number of carbonyl (C=O) groups excluding carboxylic acids is 2. The minimum absolute atomic E-state index is 0.0445. The number of alkyl carbamates (subject to hydrolysis) is 1. The Labute approximate surface area is 87.9 Å². The molecule has 86 valence electrons. The summed E-state index contributed by atoms with van der Waals surface area (Å²) < 4.78 is 4.48. The number of hydrogen-bond donors (Lipinski definition) is 3. The number of likely N-dealkylation sites (tertiary alicyclic amines) is 1. The van der Waals surface area contributed by atoms with Gasteiger partial charge in [-0.25, -0.2) is 10.6 Å². The van der Waals surface area contributed by atoms with Gasteiger partial charge in [0, 0.05) is 19.1 Å². The van der Waals surface area contributed by atoms with Crippen molar-refractivity contribution < 1.29 is 14.3 Å². The van der Waals surface area contributed by atoms with Gasteiger partial charge >= 0.3 is 6.09 Å². The van der Waals surface area contributed by atoms with Gasteiger partial charge in [-0.1, -0.05) is 0 Å². The topological polar surface area (TPSA) is 96.7 Å². The fourth-order valence-electron chi connectivity index (χ4n) is 1.57. The van der Waals surface area contributed by atoms with Crippen molar-refractivity contribution in [2.45, 2.75) is 12.5 Å². The molecule has 7 nitrogen and oxygen atoms in total. The first-order valence-corrected chi connectivity index (χ1v) is 4.72. The first-order valence-electron chi connectivity index (χ1n) is 4.72.